The normalized spacial score (nSPS) is 30.7. The highest BCUT2D eigenvalue weighted by Crippen LogP contribution is 2.36. The molecule has 1 amide bonds. The third-order valence-electron chi connectivity index (χ3n) is 7.87. The third kappa shape index (κ3) is 4.82. The summed E-state index contributed by atoms with van der Waals surface area (Å²) < 4.78 is 6.33. The second-order valence-corrected chi connectivity index (χ2v) is 10.4. The number of carbonyl (C=O) groups excluding carboxylic acids is 1. The van der Waals surface area contributed by atoms with Crippen LogP contribution in [0, 0.1) is 0 Å². The number of nitrogens with zero attached hydrogens (tertiary/aromatic N) is 3. The molecule has 34 heavy (non-hydrogen) atoms. The number of hydrogen-bond donors (Lipinski definition) is 1. The number of fused-ring (bicyclic) bond motifs is 4. The molecular formula is C27H35ClN4O2. The number of benzene rings is 2. The average Bonchev–Trinajstić information content (AvgIpc) is 3.27. The average molecular weight is 483 g/mol. The van der Waals surface area contributed by atoms with E-state index < -0.39 is 5.72 Å². The Bertz CT molecular complexity index is 963. The smallest absolute Gasteiger partial charge is 0.412 e. The number of carbonyl (C=O) groups is 1. The number of likely N-dealkylation sites (tertiary alicyclic amines) is 2. The Morgan fingerprint density at radius 3 is 2.06 bits per heavy atom. The van der Waals surface area contributed by atoms with Crippen molar-refractivity contribution in [2.75, 3.05) is 26.2 Å². The highest BCUT2D eigenvalue weighted by atomic mass is 35.5. The van der Waals surface area contributed by atoms with Gasteiger partial charge in [-0.15, -0.1) is 12.4 Å². The summed E-state index contributed by atoms with van der Waals surface area (Å²) in [5, 5.41) is 3.66. The van der Waals surface area contributed by atoms with E-state index in [4.69, 9.17) is 4.74 Å². The minimum absolute atomic E-state index is 0. The van der Waals surface area contributed by atoms with Crippen molar-refractivity contribution >= 4 is 18.5 Å². The topological polar surface area (TPSA) is 48.1 Å². The van der Waals surface area contributed by atoms with E-state index in [9.17, 15) is 4.79 Å². The molecule has 4 fully saturated rings. The minimum atomic E-state index is -0.546. The number of ether oxygens (including phenoxy) is 1. The fourth-order valence-electron chi connectivity index (χ4n) is 6.48. The van der Waals surface area contributed by atoms with E-state index in [1.807, 2.05) is 0 Å². The van der Waals surface area contributed by atoms with Crippen LogP contribution in [0.25, 0.3) is 0 Å². The molecular weight excluding hydrogens is 448 g/mol. The molecule has 0 spiro atoms. The maximum atomic E-state index is 13.5. The molecule has 4 bridgehead atoms. The van der Waals surface area contributed by atoms with Crippen molar-refractivity contribution in [3.05, 3.63) is 71.8 Å². The maximum absolute atomic E-state index is 13.5. The molecule has 4 atom stereocenters. The first-order chi connectivity index (χ1) is 16.2. The molecule has 6 nitrogen and oxygen atoms in total. The maximum Gasteiger partial charge on any atom is 0.412 e. The lowest BCUT2D eigenvalue weighted by molar-refractivity contribution is -0.0720. The van der Waals surface area contributed by atoms with Gasteiger partial charge in [-0.05, 0) is 30.4 Å². The monoisotopic (exact) mass is 482 g/mol. The third-order valence-corrected chi connectivity index (χ3v) is 7.87. The van der Waals surface area contributed by atoms with Crippen LogP contribution in [0.4, 0.5) is 4.79 Å². The Labute approximate surface area is 208 Å². The molecule has 7 heteroatoms. The van der Waals surface area contributed by atoms with Gasteiger partial charge in [0.15, 0.2) is 5.72 Å². The molecule has 4 aliphatic rings. The van der Waals surface area contributed by atoms with E-state index >= 15 is 0 Å². The van der Waals surface area contributed by atoms with Gasteiger partial charge in [0, 0.05) is 57.3 Å². The Kier molecular flexibility index (Phi) is 6.85. The molecule has 4 saturated heterocycles. The molecule has 2 aromatic rings. The zero-order valence-corrected chi connectivity index (χ0v) is 20.5. The summed E-state index contributed by atoms with van der Waals surface area (Å²) >= 11 is 0. The van der Waals surface area contributed by atoms with Gasteiger partial charge in [0.2, 0.25) is 0 Å². The second-order valence-electron chi connectivity index (χ2n) is 10.4. The summed E-state index contributed by atoms with van der Waals surface area (Å²) in [5.74, 6) is 0. The van der Waals surface area contributed by atoms with Gasteiger partial charge in [0.25, 0.3) is 0 Å². The highest BCUT2D eigenvalue weighted by Gasteiger charge is 2.50. The molecule has 0 saturated carbocycles. The fraction of sp³-hybridized carbons (Fsp3) is 0.519. The van der Waals surface area contributed by atoms with Crippen LogP contribution in [0.5, 0.6) is 0 Å². The fourth-order valence-corrected chi connectivity index (χ4v) is 6.48. The predicted octanol–water partition coefficient (Wildman–Crippen LogP) is 3.86. The highest BCUT2D eigenvalue weighted by molar-refractivity contribution is 5.85. The van der Waals surface area contributed by atoms with E-state index in [1.165, 1.54) is 11.1 Å². The summed E-state index contributed by atoms with van der Waals surface area (Å²) in [6.07, 6.45) is 4.01. The van der Waals surface area contributed by atoms with Gasteiger partial charge in [-0.25, -0.2) is 4.79 Å². The Balaban J connectivity index is 0.00000241. The predicted molar refractivity (Wildman–Crippen MR) is 135 cm³/mol. The quantitative estimate of drug-likeness (QED) is 0.701. The molecule has 182 valence electrons. The van der Waals surface area contributed by atoms with Crippen LogP contribution >= 0.6 is 12.4 Å². The van der Waals surface area contributed by atoms with E-state index in [-0.39, 0.29) is 30.6 Å². The number of amides is 1. The van der Waals surface area contributed by atoms with Crippen molar-refractivity contribution in [2.24, 2.45) is 0 Å². The zero-order chi connectivity index (χ0) is 22.3. The van der Waals surface area contributed by atoms with Crippen molar-refractivity contribution in [3.63, 3.8) is 0 Å². The van der Waals surface area contributed by atoms with E-state index in [2.05, 4.69) is 80.7 Å². The summed E-state index contributed by atoms with van der Waals surface area (Å²) in [6, 6.07) is 22.2. The number of halogens is 1. The van der Waals surface area contributed by atoms with Crippen molar-refractivity contribution in [1.82, 2.24) is 20.0 Å². The van der Waals surface area contributed by atoms with Crippen LogP contribution in [0.15, 0.2) is 60.7 Å². The molecule has 6 rings (SSSR count). The van der Waals surface area contributed by atoms with Gasteiger partial charge in [-0.1, -0.05) is 60.7 Å². The van der Waals surface area contributed by atoms with Crippen molar-refractivity contribution in [3.8, 4) is 0 Å². The van der Waals surface area contributed by atoms with Crippen LogP contribution in [-0.2, 0) is 17.8 Å². The largest absolute Gasteiger partial charge is 0.426 e. The standard InChI is InChI=1S/C27H34N4O2.ClH/c32-26(31-24-11-12-25(31)19-29(18-24)15-21-7-3-1-4-8-21)33-27-14-13-23(28-27)17-30(20-27)16-22-9-5-2-6-10-22;/h1-10,23-25,28H,11-20H2;1H. The second kappa shape index (κ2) is 9.86. The van der Waals surface area contributed by atoms with Crippen molar-refractivity contribution in [1.29, 1.82) is 0 Å². The van der Waals surface area contributed by atoms with E-state index in [0.29, 0.717) is 6.04 Å². The van der Waals surface area contributed by atoms with E-state index in [0.717, 1.165) is 65.0 Å². The van der Waals surface area contributed by atoms with E-state index in [1.54, 1.807) is 0 Å². The molecule has 4 unspecified atom stereocenters. The van der Waals surface area contributed by atoms with Crippen molar-refractivity contribution < 1.29 is 9.53 Å². The van der Waals surface area contributed by atoms with Gasteiger partial charge in [-0.2, -0.15) is 0 Å². The van der Waals surface area contributed by atoms with Gasteiger partial charge in [0.05, 0.1) is 6.54 Å². The SMILES string of the molecule is Cl.O=C(OC12CCC(CN(Cc3ccccc3)C1)N2)N1C2CCC1CN(Cc1ccccc1)C2. The molecule has 0 aliphatic carbocycles. The number of piperazine rings is 2. The first kappa shape index (κ1) is 23.6. The minimum Gasteiger partial charge on any atom is -0.426 e. The molecule has 2 aromatic carbocycles. The van der Waals surface area contributed by atoms with Crippen LogP contribution in [0.2, 0.25) is 0 Å². The lowest BCUT2D eigenvalue weighted by Crippen LogP contribution is -2.63. The van der Waals surface area contributed by atoms with Crippen LogP contribution in [-0.4, -0.2) is 70.8 Å². The Morgan fingerprint density at radius 2 is 1.44 bits per heavy atom. The number of rotatable bonds is 5. The molecule has 4 heterocycles. The molecule has 0 aromatic heterocycles. The molecule has 0 radical (unpaired) electrons. The summed E-state index contributed by atoms with van der Waals surface area (Å²) in [6.45, 7) is 5.50. The summed E-state index contributed by atoms with van der Waals surface area (Å²) in [7, 11) is 0. The lowest BCUT2D eigenvalue weighted by Gasteiger charge is -2.44. The molecule has 4 aliphatic heterocycles. The van der Waals surface area contributed by atoms with Crippen LogP contribution in [0.3, 0.4) is 0 Å². The van der Waals surface area contributed by atoms with Crippen LogP contribution < -0.4 is 5.32 Å². The lowest BCUT2D eigenvalue weighted by atomic mass is 10.1. The first-order valence-electron chi connectivity index (χ1n) is 12.5. The Hall–Kier alpha value is -2.12. The van der Waals surface area contributed by atoms with Gasteiger partial charge >= 0.3 is 6.09 Å². The van der Waals surface area contributed by atoms with Gasteiger partial charge < -0.3 is 4.74 Å². The zero-order valence-electron chi connectivity index (χ0n) is 19.6. The number of nitrogens with one attached hydrogen (secondary N) is 1. The summed E-state index contributed by atoms with van der Waals surface area (Å²) in [5.41, 5.74) is 2.11. The van der Waals surface area contributed by atoms with Crippen LogP contribution in [0.1, 0.15) is 36.8 Å². The van der Waals surface area contributed by atoms with Crippen molar-refractivity contribution in [2.45, 2.75) is 62.6 Å². The van der Waals surface area contributed by atoms with Gasteiger partial charge in [0.1, 0.15) is 0 Å². The summed E-state index contributed by atoms with van der Waals surface area (Å²) in [4.78, 5) is 20.5. The first-order valence-corrected chi connectivity index (χ1v) is 12.5. The van der Waals surface area contributed by atoms with Gasteiger partial charge in [-0.3, -0.25) is 20.0 Å². The molecule has 1 N–H and O–H groups in total. The Morgan fingerprint density at radius 1 is 0.853 bits per heavy atom. The number of hydrogen-bond acceptors (Lipinski definition) is 5.